The van der Waals surface area contributed by atoms with Crippen LogP contribution in [0.3, 0.4) is 0 Å². The molecular weight excluding hydrogens is 240 g/mol. The summed E-state index contributed by atoms with van der Waals surface area (Å²) in [5, 5.41) is 11.3. The van der Waals surface area contributed by atoms with E-state index in [1.165, 1.54) is 5.69 Å². The molecule has 2 rings (SSSR count). The number of hydrogen-bond donors (Lipinski definition) is 1. The van der Waals surface area contributed by atoms with E-state index < -0.39 is 0 Å². The molecule has 0 aliphatic carbocycles. The Bertz CT molecular complexity index is 502. The smallest absolute Gasteiger partial charge is 0.0692 e. The van der Waals surface area contributed by atoms with Gasteiger partial charge in [0.25, 0.3) is 0 Å². The van der Waals surface area contributed by atoms with Crippen LogP contribution in [0.15, 0.2) is 41.8 Å². The van der Waals surface area contributed by atoms with Crippen LogP contribution in [-0.4, -0.2) is 34.3 Å². The highest BCUT2D eigenvalue weighted by atomic mass is 15.4. The van der Waals surface area contributed by atoms with Crippen LogP contribution >= 0.6 is 0 Å². The molecule has 1 aromatic carbocycles. The van der Waals surface area contributed by atoms with Gasteiger partial charge in [-0.2, -0.15) is 5.10 Å². The Morgan fingerprint density at radius 1 is 1.37 bits per heavy atom. The van der Waals surface area contributed by atoms with E-state index in [1.54, 1.807) is 12.4 Å². The molecule has 0 radical (unpaired) electrons. The largest absolute Gasteiger partial charge is 0.370 e. The van der Waals surface area contributed by atoms with Gasteiger partial charge < -0.3 is 10.7 Å². The number of hydrogen-bond acceptors (Lipinski definition) is 5. The molecule has 0 atom stereocenters. The minimum absolute atomic E-state index is 0.819. The molecule has 0 saturated heterocycles. The van der Waals surface area contributed by atoms with Crippen LogP contribution < -0.4 is 10.7 Å². The third-order valence-electron chi connectivity index (χ3n) is 2.93. The highest BCUT2D eigenvalue weighted by molar-refractivity contribution is 5.80. The molecule has 2 N–H and O–H groups in total. The van der Waals surface area contributed by atoms with E-state index in [1.807, 2.05) is 23.0 Å². The second-order valence-corrected chi connectivity index (χ2v) is 4.12. The lowest BCUT2D eigenvalue weighted by Crippen LogP contribution is -2.27. The first-order chi connectivity index (χ1) is 9.33. The highest BCUT2D eigenvalue weighted by Crippen LogP contribution is 2.14. The van der Waals surface area contributed by atoms with E-state index in [-0.39, 0.29) is 0 Å². The lowest BCUT2D eigenvalue weighted by atomic mass is 10.2. The predicted molar refractivity (Wildman–Crippen MR) is 76.1 cm³/mol. The van der Waals surface area contributed by atoms with Crippen molar-refractivity contribution in [1.29, 1.82) is 0 Å². The first kappa shape index (κ1) is 13.1. The molecule has 1 aromatic heterocycles. The number of aromatic nitrogens is 3. The Kier molecular flexibility index (Phi) is 4.49. The average Bonchev–Trinajstić information content (AvgIpc) is 2.95. The van der Waals surface area contributed by atoms with Gasteiger partial charge in [-0.05, 0) is 24.6 Å². The van der Waals surface area contributed by atoms with Gasteiger partial charge in [0, 0.05) is 25.0 Å². The molecular formula is C13H18N6. The second kappa shape index (κ2) is 6.53. The zero-order valence-electron chi connectivity index (χ0n) is 11.0. The van der Waals surface area contributed by atoms with Gasteiger partial charge >= 0.3 is 0 Å². The summed E-state index contributed by atoms with van der Waals surface area (Å²) in [5.74, 6) is 5.13. The van der Waals surface area contributed by atoms with Crippen molar-refractivity contribution in [2.24, 2.45) is 10.9 Å². The monoisotopic (exact) mass is 258 g/mol. The lowest BCUT2D eigenvalue weighted by Gasteiger charge is -2.23. The van der Waals surface area contributed by atoms with E-state index in [2.05, 4.69) is 39.4 Å². The summed E-state index contributed by atoms with van der Waals surface area (Å²) in [4.78, 5) is 2.28. The number of anilines is 1. The van der Waals surface area contributed by atoms with Crippen LogP contribution in [0.4, 0.5) is 5.69 Å². The number of benzene rings is 1. The average molecular weight is 258 g/mol. The van der Waals surface area contributed by atoms with Crippen molar-refractivity contribution in [3.05, 3.63) is 42.2 Å². The molecule has 0 saturated carbocycles. The normalized spacial score (nSPS) is 11.0. The van der Waals surface area contributed by atoms with Gasteiger partial charge in [-0.15, -0.1) is 5.10 Å². The van der Waals surface area contributed by atoms with Gasteiger partial charge in [0.05, 0.1) is 19.0 Å². The molecule has 0 aliphatic heterocycles. The Hall–Kier alpha value is -2.37. The number of likely N-dealkylation sites (N-methyl/N-ethyl adjacent to an activating group) is 1. The van der Waals surface area contributed by atoms with E-state index in [9.17, 15) is 0 Å². The third-order valence-corrected chi connectivity index (χ3v) is 2.93. The molecule has 2 aromatic rings. The SMILES string of the molecule is CCN(CCn1ccnn1)c1ccc(C=NN)cc1. The summed E-state index contributed by atoms with van der Waals surface area (Å²) in [6.45, 7) is 4.79. The molecule has 1 heterocycles. The van der Waals surface area contributed by atoms with Crippen LogP contribution in [0.2, 0.25) is 0 Å². The Morgan fingerprint density at radius 2 is 2.16 bits per heavy atom. The van der Waals surface area contributed by atoms with Gasteiger partial charge in [-0.1, -0.05) is 17.3 Å². The van der Waals surface area contributed by atoms with Gasteiger partial charge in [0.15, 0.2) is 0 Å². The van der Waals surface area contributed by atoms with Crippen molar-refractivity contribution in [3.8, 4) is 0 Å². The summed E-state index contributed by atoms with van der Waals surface area (Å²) in [6, 6.07) is 8.15. The van der Waals surface area contributed by atoms with Crippen LogP contribution in [0.25, 0.3) is 0 Å². The van der Waals surface area contributed by atoms with Crippen molar-refractivity contribution in [3.63, 3.8) is 0 Å². The predicted octanol–water partition coefficient (Wildman–Crippen LogP) is 1.10. The summed E-state index contributed by atoms with van der Waals surface area (Å²) >= 11 is 0. The zero-order chi connectivity index (χ0) is 13.5. The second-order valence-electron chi connectivity index (χ2n) is 4.12. The Labute approximate surface area is 112 Å². The quantitative estimate of drug-likeness (QED) is 0.478. The minimum atomic E-state index is 0.819. The number of rotatable bonds is 6. The molecule has 0 amide bonds. The Balaban J connectivity index is 2.00. The first-order valence-corrected chi connectivity index (χ1v) is 6.26. The molecule has 0 unspecified atom stereocenters. The molecule has 6 heteroatoms. The fourth-order valence-electron chi connectivity index (χ4n) is 1.90. The maximum Gasteiger partial charge on any atom is 0.0692 e. The molecule has 0 aliphatic rings. The summed E-state index contributed by atoms with van der Waals surface area (Å²) in [5.41, 5.74) is 2.18. The molecule has 0 bridgehead atoms. The fraction of sp³-hybridized carbons (Fsp3) is 0.308. The number of nitrogens with zero attached hydrogens (tertiary/aromatic N) is 5. The number of hydrazone groups is 1. The first-order valence-electron chi connectivity index (χ1n) is 6.26. The van der Waals surface area contributed by atoms with Gasteiger partial charge in [-0.3, -0.25) is 4.68 Å². The fourth-order valence-corrected chi connectivity index (χ4v) is 1.90. The van der Waals surface area contributed by atoms with Gasteiger partial charge in [0.2, 0.25) is 0 Å². The van der Waals surface area contributed by atoms with Crippen LogP contribution in [0.1, 0.15) is 12.5 Å². The topological polar surface area (TPSA) is 72.3 Å². The summed E-state index contributed by atoms with van der Waals surface area (Å²) in [7, 11) is 0. The maximum atomic E-state index is 5.13. The molecule has 0 fully saturated rings. The van der Waals surface area contributed by atoms with Gasteiger partial charge in [-0.25, -0.2) is 0 Å². The van der Waals surface area contributed by atoms with E-state index in [0.29, 0.717) is 0 Å². The highest BCUT2D eigenvalue weighted by Gasteiger charge is 2.04. The molecule has 19 heavy (non-hydrogen) atoms. The molecule has 0 spiro atoms. The van der Waals surface area contributed by atoms with Crippen molar-refractivity contribution in [2.75, 3.05) is 18.0 Å². The third kappa shape index (κ3) is 3.54. The lowest BCUT2D eigenvalue weighted by molar-refractivity contribution is 0.579. The van der Waals surface area contributed by atoms with Crippen LogP contribution in [0, 0.1) is 0 Å². The van der Waals surface area contributed by atoms with Gasteiger partial charge in [0.1, 0.15) is 0 Å². The van der Waals surface area contributed by atoms with E-state index in [4.69, 9.17) is 5.84 Å². The zero-order valence-corrected chi connectivity index (χ0v) is 11.0. The van der Waals surface area contributed by atoms with Crippen molar-refractivity contribution in [2.45, 2.75) is 13.5 Å². The van der Waals surface area contributed by atoms with Crippen molar-refractivity contribution < 1.29 is 0 Å². The number of nitrogens with two attached hydrogens (primary N) is 1. The van der Waals surface area contributed by atoms with Crippen molar-refractivity contribution >= 4 is 11.9 Å². The van der Waals surface area contributed by atoms with E-state index in [0.717, 1.165) is 25.2 Å². The van der Waals surface area contributed by atoms with Crippen LogP contribution in [0.5, 0.6) is 0 Å². The minimum Gasteiger partial charge on any atom is -0.370 e. The Morgan fingerprint density at radius 3 is 2.74 bits per heavy atom. The van der Waals surface area contributed by atoms with Crippen LogP contribution in [-0.2, 0) is 6.54 Å². The summed E-state index contributed by atoms with van der Waals surface area (Å²) < 4.78 is 1.83. The summed E-state index contributed by atoms with van der Waals surface area (Å²) in [6.07, 6.45) is 5.20. The maximum absolute atomic E-state index is 5.13. The molecule has 100 valence electrons. The van der Waals surface area contributed by atoms with Crippen molar-refractivity contribution in [1.82, 2.24) is 15.0 Å². The van der Waals surface area contributed by atoms with E-state index >= 15 is 0 Å². The molecule has 6 nitrogen and oxygen atoms in total. The standard InChI is InChI=1S/C13H18N6/c1-2-18(9-10-19-8-7-16-17-19)13-5-3-12(4-6-13)11-15-14/h3-8,11H,2,9-10,14H2,1H3.